The van der Waals surface area contributed by atoms with Gasteiger partial charge in [0.1, 0.15) is 0 Å². The van der Waals surface area contributed by atoms with Crippen LogP contribution in [0.25, 0.3) is 0 Å². The molecule has 0 heterocycles. The van der Waals surface area contributed by atoms with Crippen molar-refractivity contribution in [3.05, 3.63) is 22.2 Å². The van der Waals surface area contributed by atoms with Crippen LogP contribution < -0.4 is 10.6 Å². The van der Waals surface area contributed by atoms with Crippen molar-refractivity contribution in [2.75, 3.05) is 7.11 Å². The molecule has 1 aromatic carbocycles. The average Bonchev–Trinajstić information content (AvgIpc) is 2.11. The fourth-order valence-corrected chi connectivity index (χ4v) is 1.39. The van der Waals surface area contributed by atoms with Gasteiger partial charge >= 0.3 is 0 Å². The summed E-state index contributed by atoms with van der Waals surface area (Å²) in [5.74, 6) is 5.39. The molecule has 0 aliphatic carbocycles. The Labute approximate surface area is 84.3 Å². The molecule has 0 amide bonds. The van der Waals surface area contributed by atoms with Gasteiger partial charge in [0.25, 0.3) is 0 Å². The highest BCUT2D eigenvalue weighted by atomic mass is 79.9. The monoisotopic (exact) mass is 247 g/mol. The Balaban J connectivity index is 3.05. The van der Waals surface area contributed by atoms with Crippen molar-refractivity contribution in [3.63, 3.8) is 0 Å². The maximum atomic E-state index is 9.40. The Morgan fingerprint density at radius 2 is 2.23 bits per heavy atom. The van der Waals surface area contributed by atoms with E-state index in [1.807, 2.05) is 0 Å². The molecule has 4 nitrogen and oxygen atoms in total. The lowest BCUT2D eigenvalue weighted by Gasteiger charge is -2.07. The van der Waals surface area contributed by atoms with Crippen molar-refractivity contribution in [2.45, 2.75) is 6.61 Å². The molecule has 0 saturated heterocycles. The van der Waals surface area contributed by atoms with E-state index in [9.17, 15) is 5.11 Å². The zero-order valence-corrected chi connectivity index (χ0v) is 8.67. The van der Waals surface area contributed by atoms with E-state index in [0.717, 1.165) is 10.0 Å². The van der Waals surface area contributed by atoms with Gasteiger partial charge in [0, 0.05) is 4.47 Å². The number of methoxy groups -OCH3 is 1. The van der Waals surface area contributed by atoms with Gasteiger partial charge in [-0.15, -0.1) is 0 Å². The van der Waals surface area contributed by atoms with E-state index in [4.69, 9.17) is 10.6 Å². The molecule has 0 spiro atoms. The summed E-state index contributed by atoms with van der Waals surface area (Å²) in [5.41, 5.74) is 0.765. The second-order valence-corrected chi connectivity index (χ2v) is 3.28. The lowest BCUT2D eigenvalue weighted by Crippen LogP contribution is -1.99. The first-order valence-corrected chi connectivity index (χ1v) is 4.35. The molecule has 13 heavy (non-hydrogen) atoms. The summed E-state index contributed by atoms with van der Waals surface area (Å²) in [6.07, 6.45) is 0. The standard InChI is InChI=1S/C8H10BrNO3/c1-12-8-3-6(9)5(4-13-10)2-7(8)11/h2-3,11H,4,10H2,1H3. The lowest BCUT2D eigenvalue weighted by molar-refractivity contribution is 0.123. The summed E-state index contributed by atoms with van der Waals surface area (Å²) in [4.78, 5) is 4.46. The third-order valence-corrected chi connectivity index (χ3v) is 2.32. The quantitative estimate of drug-likeness (QED) is 0.796. The van der Waals surface area contributed by atoms with Gasteiger partial charge in [0.05, 0.1) is 13.7 Å². The van der Waals surface area contributed by atoms with Crippen LogP contribution in [0.2, 0.25) is 0 Å². The van der Waals surface area contributed by atoms with Gasteiger partial charge in [0.2, 0.25) is 0 Å². The molecule has 0 unspecified atom stereocenters. The zero-order chi connectivity index (χ0) is 9.84. The number of ether oxygens (including phenoxy) is 1. The largest absolute Gasteiger partial charge is 0.504 e. The van der Waals surface area contributed by atoms with Crippen molar-refractivity contribution >= 4 is 15.9 Å². The van der Waals surface area contributed by atoms with Crippen molar-refractivity contribution in [1.82, 2.24) is 0 Å². The number of benzene rings is 1. The van der Waals surface area contributed by atoms with Crippen LogP contribution in [-0.2, 0) is 11.4 Å². The van der Waals surface area contributed by atoms with E-state index in [1.54, 1.807) is 6.07 Å². The van der Waals surface area contributed by atoms with Gasteiger partial charge in [0.15, 0.2) is 11.5 Å². The summed E-state index contributed by atoms with van der Waals surface area (Å²) in [6, 6.07) is 3.19. The summed E-state index contributed by atoms with van der Waals surface area (Å²) < 4.78 is 5.69. The third kappa shape index (κ3) is 2.33. The minimum atomic E-state index is 0.0674. The van der Waals surface area contributed by atoms with Gasteiger partial charge in [-0.3, -0.25) is 4.84 Å². The fourth-order valence-electron chi connectivity index (χ4n) is 0.951. The van der Waals surface area contributed by atoms with Gasteiger partial charge in [-0.2, -0.15) is 0 Å². The molecule has 0 fully saturated rings. The first kappa shape index (κ1) is 10.3. The van der Waals surface area contributed by atoms with Crippen molar-refractivity contribution in [3.8, 4) is 11.5 Å². The molecule has 0 aliphatic heterocycles. The molecule has 1 rings (SSSR count). The zero-order valence-electron chi connectivity index (χ0n) is 7.08. The average molecular weight is 248 g/mol. The number of phenolic OH excluding ortho intramolecular Hbond substituents is 1. The van der Waals surface area contributed by atoms with Crippen LogP contribution in [0, 0.1) is 0 Å². The number of hydrogen-bond acceptors (Lipinski definition) is 4. The summed E-state index contributed by atoms with van der Waals surface area (Å²) in [6.45, 7) is 0.234. The molecule has 5 heteroatoms. The maximum Gasteiger partial charge on any atom is 0.161 e. The SMILES string of the molecule is COc1cc(Br)c(CON)cc1O. The maximum absolute atomic E-state index is 9.40. The lowest BCUT2D eigenvalue weighted by atomic mass is 10.2. The number of nitrogens with two attached hydrogens (primary N) is 1. The predicted octanol–water partition coefficient (Wildman–Crippen LogP) is 1.55. The van der Waals surface area contributed by atoms with E-state index < -0.39 is 0 Å². The summed E-state index contributed by atoms with van der Waals surface area (Å²) >= 11 is 3.30. The fraction of sp³-hybridized carbons (Fsp3) is 0.250. The Kier molecular flexibility index (Phi) is 3.53. The minimum absolute atomic E-state index is 0.0674. The number of phenols is 1. The molecule has 0 aliphatic rings. The number of halogens is 1. The Bertz CT molecular complexity index is 304. The first-order chi connectivity index (χ1) is 6.19. The van der Waals surface area contributed by atoms with Gasteiger partial charge in [-0.25, -0.2) is 5.90 Å². The van der Waals surface area contributed by atoms with Crippen molar-refractivity contribution < 1.29 is 14.7 Å². The highest BCUT2D eigenvalue weighted by Gasteiger charge is 2.07. The van der Waals surface area contributed by atoms with Crippen LogP contribution in [0.3, 0.4) is 0 Å². The third-order valence-electron chi connectivity index (χ3n) is 1.59. The van der Waals surface area contributed by atoms with E-state index in [2.05, 4.69) is 20.8 Å². The summed E-state index contributed by atoms with van der Waals surface area (Å²) in [5, 5.41) is 9.40. The van der Waals surface area contributed by atoms with Crippen LogP contribution >= 0.6 is 15.9 Å². The molecular formula is C8H10BrNO3. The van der Waals surface area contributed by atoms with E-state index in [1.165, 1.54) is 13.2 Å². The Morgan fingerprint density at radius 3 is 2.77 bits per heavy atom. The Morgan fingerprint density at radius 1 is 1.54 bits per heavy atom. The summed E-state index contributed by atoms with van der Waals surface area (Å²) in [7, 11) is 1.49. The van der Waals surface area contributed by atoms with Gasteiger partial charge in [-0.1, -0.05) is 15.9 Å². The molecule has 72 valence electrons. The molecule has 0 atom stereocenters. The first-order valence-electron chi connectivity index (χ1n) is 3.56. The number of hydrogen-bond donors (Lipinski definition) is 2. The van der Waals surface area contributed by atoms with E-state index in [-0.39, 0.29) is 12.4 Å². The molecule has 0 saturated carbocycles. The highest BCUT2D eigenvalue weighted by molar-refractivity contribution is 9.10. The second-order valence-electron chi connectivity index (χ2n) is 2.43. The van der Waals surface area contributed by atoms with Crippen LogP contribution in [0.15, 0.2) is 16.6 Å². The topological polar surface area (TPSA) is 64.7 Å². The molecule has 3 N–H and O–H groups in total. The van der Waals surface area contributed by atoms with Gasteiger partial charge < -0.3 is 9.84 Å². The second kappa shape index (κ2) is 4.45. The number of aromatic hydroxyl groups is 1. The molecule has 0 radical (unpaired) electrons. The Hall–Kier alpha value is -0.780. The molecule has 0 bridgehead atoms. The highest BCUT2D eigenvalue weighted by Crippen LogP contribution is 2.32. The molecular weight excluding hydrogens is 238 g/mol. The van der Waals surface area contributed by atoms with Crippen molar-refractivity contribution in [2.24, 2.45) is 5.90 Å². The van der Waals surface area contributed by atoms with Gasteiger partial charge in [-0.05, 0) is 17.7 Å². The smallest absolute Gasteiger partial charge is 0.161 e. The minimum Gasteiger partial charge on any atom is -0.504 e. The van der Waals surface area contributed by atoms with Crippen LogP contribution in [0.5, 0.6) is 11.5 Å². The van der Waals surface area contributed by atoms with Crippen LogP contribution in [-0.4, -0.2) is 12.2 Å². The van der Waals surface area contributed by atoms with E-state index in [0.29, 0.717) is 5.75 Å². The number of rotatable bonds is 3. The van der Waals surface area contributed by atoms with Crippen LogP contribution in [0.4, 0.5) is 0 Å². The van der Waals surface area contributed by atoms with Crippen LogP contribution in [0.1, 0.15) is 5.56 Å². The molecule has 1 aromatic rings. The van der Waals surface area contributed by atoms with Crippen molar-refractivity contribution in [1.29, 1.82) is 0 Å². The normalized spacial score (nSPS) is 10.1. The van der Waals surface area contributed by atoms with E-state index >= 15 is 0 Å². The predicted molar refractivity (Wildman–Crippen MR) is 51.3 cm³/mol. The molecule has 0 aromatic heterocycles.